The van der Waals surface area contributed by atoms with Gasteiger partial charge in [-0.05, 0) is 55.7 Å². The molecular weight excluding hydrogens is 312 g/mol. The van der Waals surface area contributed by atoms with Gasteiger partial charge in [-0.2, -0.15) is 0 Å². The molecule has 0 amide bonds. The molecule has 2 aromatic rings. The fraction of sp³-hybridized carbons (Fsp3) is 0.409. The maximum Gasteiger partial charge on any atom is 0.343 e. The van der Waals surface area contributed by atoms with E-state index in [9.17, 15) is 4.79 Å². The summed E-state index contributed by atoms with van der Waals surface area (Å²) in [5.41, 5.74) is 0.522. The van der Waals surface area contributed by atoms with Crippen LogP contribution >= 0.6 is 0 Å². The average Bonchev–Trinajstić information content (AvgIpc) is 2.63. The molecule has 0 saturated heterocycles. The predicted octanol–water partition coefficient (Wildman–Crippen LogP) is 6.03. The van der Waals surface area contributed by atoms with E-state index >= 15 is 0 Å². The molecule has 3 nitrogen and oxygen atoms in total. The third kappa shape index (κ3) is 6.61. The van der Waals surface area contributed by atoms with E-state index in [0.717, 1.165) is 25.0 Å². The summed E-state index contributed by atoms with van der Waals surface area (Å²) in [4.78, 5) is 12.2. The number of carbonyl (C=O) groups is 1. The van der Waals surface area contributed by atoms with Crippen molar-refractivity contribution in [3.05, 3.63) is 60.2 Å². The lowest BCUT2D eigenvalue weighted by Gasteiger charge is -2.18. The Bertz CT molecular complexity index is 619. The first-order valence-electron chi connectivity index (χ1n) is 9.26. The highest BCUT2D eigenvalue weighted by atomic mass is 16.5. The number of hydrogen-bond donors (Lipinski definition) is 0. The second-order valence-electron chi connectivity index (χ2n) is 6.25. The molecule has 0 N–H and O–H groups in total. The fourth-order valence-electron chi connectivity index (χ4n) is 2.72. The zero-order valence-electron chi connectivity index (χ0n) is 15.2. The highest BCUT2D eigenvalue weighted by Crippen LogP contribution is 2.20. The first-order chi connectivity index (χ1) is 12.2. The van der Waals surface area contributed by atoms with E-state index in [-0.39, 0.29) is 12.1 Å². The van der Waals surface area contributed by atoms with Crippen molar-refractivity contribution in [3.63, 3.8) is 0 Å². The van der Waals surface area contributed by atoms with Gasteiger partial charge in [-0.15, -0.1) is 0 Å². The molecule has 3 heteroatoms. The maximum absolute atomic E-state index is 12.2. The molecule has 1 unspecified atom stereocenters. The Morgan fingerprint density at radius 3 is 2.20 bits per heavy atom. The number of esters is 1. The van der Waals surface area contributed by atoms with Crippen molar-refractivity contribution in [2.45, 2.75) is 58.5 Å². The minimum absolute atomic E-state index is 0.249. The minimum Gasteiger partial charge on any atom is -0.490 e. The lowest BCUT2D eigenvalue weighted by molar-refractivity contribution is 0.0734. The number of para-hydroxylation sites is 1. The molecule has 0 fully saturated rings. The van der Waals surface area contributed by atoms with Crippen LogP contribution in [0.2, 0.25) is 0 Å². The maximum atomic E-state index is 12.2. The summed E-state index contributed by atoms with van der Waals surface area (Å²) in [6.07, 6.45) is 7.16. The molecule has 2 rings (SSSR count). The predicted molar refractivity (Wildman–Crippen MR) is 101 cm³/mol. The van der Waals surface area contributed by atoms with Gasteiger partial charge in [-0.1, -0.05) is 51.3 Å². The molecule has 0 aliphatic carbocycles. The summed E-state index contributed by atoms with van der Waals surface area (Å²) in [7, 11) is 0. The molecule has 0 aromatic heterocycles. The second kappa shape index (κ2) is 10.5. The molecule has 0 bridgehead atoms. The summed E-state index contributed by atoms with van der Waals surface area (Å²) >= 11 is 0. The summed E-state index contributed by atoms with van der Waals surface area (Å²) < 4.78 is 11.4. The number of benzene rings is 2. The number of hydrogen-bond acceptors (Lipinski definition) is 3. The lowest BCUT2D eigenvalue weighted by Crippen LogP contribution is -2.16. The number of unbranched alkanes of at least 4 members (excludes halogenated alkanes) is 2. The van der Waals surface area contributed by atoms with Gasteiger partial charge in [0.2, 0.25) is 0 Å². The monoisotopic (exact) mass is 340 g/mol. The molecule has 0 aliphatic heterocycles. The Hall–Kier alpha value is -2.29. The van der Waals surface area contributed by atoms with E-state index < -0.39 is 0 Å². The van der Waals surface area contributed by atoms with Crippen molar-refractivity contribution >= 4 is 5.97 Å². The average molecular weight is 340 g/mol. The van der Waals surface area contributed by atoms with E-state index in [1.165, 1.54) is 19.3 Å². The summed E-state index contributed by atoms with van der Waals surface area (Å²) in [5, 5.41) is 0. The number of carbonyl (C=O) groups excluding carboxylic acids is 1. The smallest absolute Gasteiger partial charge is 0.343 e. The van der Waals surface area contributed by atoms with E-state index in [1.54, 1.807) is 24.3 Å². The van der Waals surface area contributed by atoms with Crippen LogP contribution in [-0.2, 0) is 0 Å². The standard InChI is InChI=1S/C22H28O3/c1-3-5-7-11-19(10-4-2)24-21-16-14-18(15-17-21)22(23)25-20-12-8-6-9-13-20/h6,8-9,12-17,19H,3-5,7,10-11H2,1-2H3. The Morgan fingerprint density at radius 2 is 1.56 bits per heavy atom. The molecule has 0 radical (unpaired) electrons. The van der Waals surface area contributed by atoms with Gasteiger partial charge in [0.25, 0.3) is 0 Å². The van der Waals surface area contributed by atoms with Crippen LogP contribution in [0.15, 0.2) is 54.6 Å². The van der Waals surface area contributed by atoms with Gasteiger partial charge in [0, 0.05) is 0 Å². The topological polar surface area (TPSA) is 35.5 Å². The first-order valence-corrected chi connectivity index (χ1v) is 9.26. The van der Waals surface area contributed by atoms with E-state index in [0.29, 0.717) is 11.3 Å². The van der Waals surface area contributed by atoms with Crippen LogP contribution in [0.5, 0.6) is 11.5 Å². The van der Waals surface area contributed by atoms with E-state index in [1.807, 2.05) is 30.3 Å². The van der Waals surface area contributed by atoms with Crippen LogP contribution in [0, 0.1) is 0 Å². The number of ether oxygens (including phenoxy) is 2. The SMILES string of the molecule is CCCCCC(CCC)Oc1ccc(C(=O)Oc2ccccc2)cc1. The van der Waals surface area contributed by atoms with Crippen LogP contribution in [0.1, 0.15) is 62.7 Å². The zero-order chi connectivity index (χ0) is 17.9. The Balaban J connectivity index is 1.92. The molecule has 0 spiro atoms. The van der Waals surface area contributed by atoms with Crippen molar-refractivity contribution in [2.24, 2.45) is 0 Å². The molecule has 1 atom stereocenters. The van der Waals surface area contributed by atoms with Crippen LogP contribution in [0.4, 0.5) is 0 Å². The molecule has 25 heavy (non-hydrogen) atoms. The molecule has 134 valence electrons. The Labute approximate surface area is 151 Å². The zero-order valence-corrected chi connectivity index (χ0v) is 15.2. The molecule has 0 aliphatic rings. The molecular formula is C22H28O3. The third-order valence-corrected chi connectivity index (χ3v) is 4.09. The lowest BCUT2D eigenvalue weighted by atomic mass is 10.1. The summed E-state index contributed by atoms with van der Waals surface area (Å²) in [6, 6.07) is 16.3. The van der Waals surface area contributed by atoms with E-state index in [4.69, 9.17) is 9.47 Å². The van der Waals surface area contributed by atoms with E-state index in [2.05, 4.69) is 13.8 Å². The quantitative estimate of drug-likeness (QED) is 0.301. The van der Waals surface area contributed by atoms with Gasteiger partial charge in [-0.3, -0.25) is 0 Å². The van der Waals surface area contributed by atoms with Crippen LogP contribution in [0.25, 0.3) is 0 Å². The fourth-order valence-corrected chi connectivity index (χ4v) is 2.72. The van der Waals surface area contributed by atoms with Crippen LogP contribution in [0.3, 0.4) is 0 Å². The normalized spacial score (nSPS) is 11.8. The summed E-state index contributed by atoms with van der Waals surface area (Å²) in [5.74, 6) is 1.00. The highest BCUT2D eigenvalue weighted by molar-refractivity contribution is 5.91. The number of rotatable bonds is 10. The van der Waals surface area contributed by atoms with Gasteiger partial charge in [0.15, 0.2) is 0 Å². The van der Waals surface area contributed by atoms with Crippen molar-refractivity contribution in [1.82, 2.24) is 0 Å². The van der Waals surface area contributed by atoms with Crippen molar-refractivity contribution in [2.75, 3.05) is 0 Å². The van der Waals surface area contributed by atoms with Gasteiger partial charge in [0.05, 0.1) is 11.7 Å². The molecule has 0 heterocycles. The van der Waals surface area contributed by atoms with Gasteiger partial charge in [0.1, 0.15) is 11.5 Å². The van der Waals surface area contributed by atoms with Gasteiger partial charge >= 0.3 is 5.97 Å². The van der Waals surface area contributed by atoms with Gasteiger partial charge in [-0.25, -0.2) is 4.79 Å². The largest absolute Gasteiger partial charge is 0.490 e. The summed E-state index contributed by atoms with van der Waals surface area (Å²) in [6.45, 7) is 4.39. The van der Waals surface area contributed by atoms with Crippen LogP contribution in [-0.4, -0.2) is 12.1 Å². The van der Waals surface area contributed by atoms with Crippen molar-refractivity contribution in [1.29, 1.82) is 0 Å². The van der Waals surface area contributed by atoms with Gasteiger partial charge < -0.3 is 9.47 Å². The Morgan fingerprint density at radius 1 is 0.840 bits per heavy atom. The van der Waals surface area contributed by atoms with Crippen molar-refractivity contribution < 1.29 is 14.3 Å². The van der Waals surface area contributed by atoms with Crippen LogP contribution < -0.4 is 9.47 Å². The second-order valence-corrected chi connectivity index (χ2v) is 6.25. The van der Waals surface area contributed by atoms with Crippen molar-refractivity contribution in [3.8, 4) is 11.5 Å². The first kappa shape index (κ1) is 19.0. The minimum atomic E-state index is -0.356. The highest BCUT2D eigenvalue weighted by Gasteiger charge is 2.12. The molecule has 2 aromatic carbocycles. The third-order valence-electron chi connectivity index (χ3n) is 4.09. The Kier molecular flexibility index (Phi) is 8.03. The molecule has 0 saturated carbocycles.